The third-order valence-electron chi connectivity index (χ3n) is 3.35. The second-order valence-electron chi connectivity index (χ2n) is 5.88. The summed E-state index contributed by atoms with van der Waals surface area (Å²) in [5.41, 5.74) is 7.16. The summed E-state index contributed by atoms with van der Waals surface area (Å²) in [7, 11) is 2.16. The number of pyridine rings is 1. The minimum atomic E-state index is 0.291. The predicted molar refractivity (Wildman–Crippen MR) is 77.3 cm³/mol. The molecule has 1 heterocycles. The third-order valence-corrected chi connectivity index (χ3v) is 3.35. The Kier molecular flexibility index (Phi) is 6.30. The van der Waals surface area contributed by atoms with Crippen molar-refractivity contribution in [3.05, 3.63) is 30.1 Å². The third kappa shape index (κ3) is 6.12. The molecule has 0 fully saturated rings. The van der Waals surface area contributed by atoms with Gasteiger partial charge in [0.25, 0.3) is 0 Å². The van der Waals surface area contributed by atoms with E-state index in [1.54, 1.807) is 0 Å². The standard InChI is InChI=1S/C15H27N3/c1-15(2,13-16)9-5-7-11-18(3)12-14-8-4-6-10-17-14/h4,6,8,10H,5,7,9,11-13,16H2,1-3H3. The lowest BCUT2D eigenvalue weighted by molar-refractivity contribution is 0.287. The van der Waals surface area contributed by atoms with Gasteiger partial charge in [0.2, 0.25) is 0 Å². The van der Waals surface area contributed by atoms with E-state index in [1.807, 2.05) is 18.3 Å². The van der Waals surface area contributed by atoms with Gasteiger partial charge in [-0.25, -0.2) is 0 Å². The van der Waals surface area contributed by atoms with Crippen LogP contribution in [0.1, 0.15) is 38.8 Å². The van der Waals surface area contributed by atoms with Crippen molar-refractivity contribution in [1.29, 1.82) is 0 Å². The summed E-state index contributed by atoms with van der Waals surface area (Å²) in [6, 6.07) is 6.08. The molecule has 102 valence electrons. The monoisotopic (exact) mass is 249 g/mol. The van der Waals surface area contributed by atoms with Crippen molar-refractivity contribution >= 4 is 0 Å². The van der Waals surface area contributed by atoms with Crippen molar-refractivity contribution in [2.75, 3.05) is 20.1 Å². The van der Waals surface area contributed by atoms with E-state index in [2.05, 4.69) is 36.8 Å². The average molecular weight is 249 g/mol. The minimum Gasteiger partial charge on any atom is -0.330 e. The molecule has 3 heteroatoms. The molecule has 0 saturated carbocycles. The number of aromatic nitrogens is 1. The Balaban J connectivity index is 2.16. The summed E-state index contributed by atoms with van der Waals surface area (Å²) >= 11 is 0. The van der Waals surface area contributed by atoms with E-state index in [-0.39, 0.29) is 0 Å². The summed E-state index contributed by atoms with van der Waals surface area (Å²) in [6.45, 7) is 7.31. The van der Waals surface area contributed by atoms with Crippen LogP contribution >= 0.6 is 0 Å². The highest BCUT2D eigenvalue weighted by molar-refractivity contribution is 5.02. The number of hydrogen-bond donors (Lipinski definition) is 1. The Morgan fingerprint density at radius 3 is 2.67 bits per heavy atom. The van der Waals surface area contributed by atoms with Gasteiger partial charge >= 0.3 is 0 Å². The van der Waals surface area contributed by atoms with Gasteiger partial charge < -0.3 is 10.6 Å². The Morgan fingerprint density at radius 2 is 2.06 bits per heavy atom. The van der Waals surface area contributed by atoms with Crippen molar-refractivity contribution in [2.45, 2.75) is 39.7 Å². The molecule has 0 aliphatic heterocycles. The maximum absolute atomic E-state index is 5.73. The first-order chi connectivity index (χ1) is 8.53. The molecule has 0 aliphatic carbocycles. The minimum absolute atomic E-state index is 0.291. The van der Waals surface area contributed by atoms with Crippen LogP contribution in [0, 0.1) is 5.41 Å². The van der Waals surface area contributed by atoms with Crippen LogP contribution < -0.4 is 5.73 Å². The van der Waals surface area contributed by atoms with E-state index >= 15 is 0 Å². The van der Waals surface area contributed by atoms with E-state index in [4.69, 9.17) is 5.73 Å². The number of nitrogens with zero attached hydrogens (tertiary/aromatic N) is 2. The van der Waals surface area contributed by atoms with Crippen molar-refractivity contribution < 1.29 is 0 Å². The van der Waals surface area contributed by atoms with Gasteiger partial charge in [-0.2, -0.15) is 0 Å². The van der Waals surface area contributed by atoms with Crippen molar-refractivity contribution in [3.63, 3.8) is 0 Å². The van der Waals surface area contributed by atoms with Gasteiger partial charge in [0.15, 0.2) is 0 Å². The summed E-state index contributed by atoms with van der Waals surface area (Å²) < 4.78 is 0. The quantitative estimate of drug-likeness (QED) is 0.720. The normalized spacial score (nSPS) is 12.1. The highest BCUT2D eigenvalue weighted by atomic mass is 15.1. The predicted octanol–water partition coefficient (Wildman–Crippen LogP) is 2.67. The molecule has 0 aromatic carbocycles. The molecule has 0 atom stereocenters. The molecule has 0 spiro atoms. The molecule has 0 saturated heterocycles. The fourth-order valence-electron chi connectivity index (χ4n) is 1.93. The Morgan fingerprint density at radius 1 is 1.28 bits per heavy atom. The summed E-state index contributed by atoms with van der Waals surface area (Å²) in [5.74, 6) is 0. The Bertz CT molecular complexity index is 322. The summed E-state index contributed by atoms with van der Waals surface area (Å²) in [5, 5.41) is 0. The molecule has 0 amide bonds. The first-order valence-electron chi connectivity index (χ1n) is 6.82. The fraction of sp³-hybridized carbons (Fsp3) is 0.667. The SMILES string of the molecule is CN(CCCCC(C)(C)CN)Cc1ccccn1. The molecule has 3 nitrogen and oxygen atoms in total. The van der Waals surface area contributed by atoms with Crippen molar-refractivity contribution in [1.82, 2.24) is 9.88 Å². The van der Waals surface area contributed by atoms with E-state index in [0.29, 0.717) is 5.41 Å². The fourth-order valence-corrected chi connectivity index (χ4v) is 1.93. The van der Waals surface area contributed by atoms with Crippen LogP contribution in [0.5, 0.6) is 0 Å². The van der Waals surface area contributed by atoms with Gasteiger partial charge in [0.05, 0.1) is 5.69 Å². The molecular weight excluding hydrogens is 222 g/mol. The van der Waals surface area contributed by atoms with Crippen LogP contribution in [0.3, 0.4) is 0 Å². The van der Waals surface area contributed by atoms with Gasteiger partial charge in [-0.3, -0.25) is 4.98 Å². The lowest BCUT2D eigenvalue weighted by Gasteiger charge is -2.23. The maximum atomic E-state index is 5.73. The van der Waals surface area contributed by atoms with Crippen molar-refractivity contribution in [3.8, 4) is 0 Å². The zero-order valence-corrected chi connectivity index (χ0v) is 12.0. The van der Waals surface area contributed by atoms with Crippen LogP contribution in [-0.4, -0.2) is 30.0 Å². The number of nitrogens with two attached hydrogens (primary N) is 1. The first kappa shape index (κ1) is 15.1. The van der Waals surface area contributed by atoms with Gasteiger partial charge in [-0.1, -0.05) is 26.3 Å². The molecule has 2 N–H and O–H groups in total. The highest BCUT2D eigenvalue weighted by Crippen LogP contribution is 2.21. The molecule has 0 bridgehead atoms. The van der Waals surface area contributed by atoms with E-state index in [9.17, 15) is 0 Å². The summed E-state index contributed by atoms with van der Waals surface area (Å²) in [6.07, 6.45) is 5.54. The Hall–Kier alpha value is -0.930. The lowest BCUT2D eigenvalue weighted by Crippen LogP contribution is -2.24. The molecule has 0 aliphatic rings. The van der Waals surface area contributed by atoms with Gasteiger partial charge in [0, 0.05) is 12.7 Å². The molecular formula is C15H27N3. The molecule has 1 rings (SSSR count). The lowest BCUT2D eigenvalue weighted by atomic mass is 9.87. The van der Waals surface area contributed by atoms with E-state index in [0.717, 1.165) is 25.3 Å². The Labute approximate surface area is 111 Å². The second-order valence-corrected chi connectivity index (χ2v) is 5.88. The van der Waals surface area contributed by atoms with Crippen LogP contribution in [-0.2, 0) is 6.54 Å². The molecule has 0 unspecified atom stereocenters. The maximum Gasteiger partial charge on any atom is 0.0543 e. The van der Waals surface area contributed by atoms with Gasteiger partial charge in [-0.15, -0.1) is 0 Å². The largest absolute Gasteiger partial charge is 0.330 e. The van der Waals surface area contributed by atoms with Gasteiger partial charge in [-0.05, 0) is 50.5 Å². The number of rotatable bonds is 8. The van der Waals surface area contributed by atoms with Crippen LogP contribution in [0.15, 0.2) is 24.4 Å². The number of hydrogen-bond acceptors (Lipinski definition) is 3. The zero-order valence-electron chi connectivity index (χ0n) is 12.0. The summed E-state index contributed by atoms with van der Waals surface area (Å²) in [4.78, 5) is 6.67. The zero-order chi connectivity index (χ0) is 13.4. The van der Waals surface area contributed by atoms with E-state index in [1.165, 1.54) is 19.3 Å². The topological polar surface area (TPSA) is 42.1 Å². The van der Waals surface area contributed by atoms with E-state index < -0.39 is 0 Å². The molecule has 0 radical (unpaired) electrons. The van der Waals surface area contributed by atoms with Gasteiger partial charge in [0.1, 0.15) is 0 Å². The van der Waals surface area contributed by atoms with Crippen LogP contribution in [0.25, 0.3) is 0 Å². The first-order valence-corrected chi connectivity index (χ1v) is 6.82. The average Bonchev–Trinajstić information content (AvgIpc) is 2.36. The number of unbranched alkanes of at least 4 members (excludes halogenated alkanes) is 1. The second kappa shape index (κ2) is 7.49. The molecule has 1 aromatic rings. The van der Waals surface area contributed by atoms with Crippen molar-refractivity contribution in [2.24, 2.45) is 11.1 Å². The highest BCUT2D eigenvalue weighted by Gasteiger charge is 2.14. The molecule has 18 heavy (non-hydrogen) atoms. The molecule has 1 aromatic heterocycles. The smallest absolute Gasteiger partial charge is 0.0543 e. The van der Waals surface area contributed by atoms with Crippen LogP contribution in [0.2, 0.25) is 0 Å². The van der Waals surface area contributed by atoms with Crippen LogP contribution in [0.4, 0.5) is 0 Å².